The monoisotopic (exact) mass is 380 g/mol. The van der Waals surface area contributed by atoms with Crippen molar-refractivity contribution in [1.29, 1.82) is 0 Å². The van der Waals surface area contributed by atoms with Gasteiger partial charge in [0.05, 0.1) is 5.56 Å². The van der Waals surface area contributed by atoms with E-state index in [1.54, 1.807) is 6.07 Å². The van der Waals surface area contributed by atoms with Crippen LogP contribution in [0.5, 0.6) is 0 Å². The number of benzene rings is 2. The van der Waals surface area contributed by atoms with Crippen molar-refractivity contribution in [1.82, 2.24) is 5.32 Å². The molecule has 2 N–H and O–H groups in total. The lowest BCUT2D eigenvalue weighted by atomic mass is 9.79. The molecular formula is C20H23F3N2S. The van der Waals surface area contributed by atoms with E-state index < -0.39 is 11.7 Å². The van der Waals surface area contributed by atoms with E-state index in [1.165, 1.54) is 11.6 Å². The summed E-state index contributed by atoms with van der Waals surface area (Å²) in [5, 5.41) is 6.29. The van der Waals surface area contributed by atoms with E-state index in [9.17, 15) is 13.2 Å². The molecule has 2 nitrogen and oxygen atoms in total. The van der Waals surface area contributed by atoms with Gasteiger partial charge >= 0.3 is 6.18 Å². The average Bonchev–Trinajstić information content (AvgIpc) is 2.54. The maximum absolute atomic E-state index is 12.8. The Morgan fingerprint density at radius 2 is 1.62 bits per heavy atom. The van der Waals surface area contributed by atoms with E-state index in [1.807, 2.05) is 25.1 Å². The quantitative estimate of drug-likeness (QED) is 0.646. The van der Waals surface area contributed by atoms with Crippen LogP contribution < -0.4 is 10.6 Å². The SMILES string of the molecule is CC(CC(C)(C)c1ccccc1)NC(=S)Nc1cccc(C(F)(F)F)c1. The summed E-state index contributed by atoms with van der Waals surface area (Å²) in [5.41, 5.74) is 0.778. The van der Waals surface area contributed by atoms with Crippen molar-refractivity contribution >= 4 is 23.0 Å². The predicted octanol–water partition coefficient (Wildman–Crippen LogP) is 5.75. The Labute approximate surface area is 157 Å². The van der Waals surface area contributed by atoms with Crippen molar-refractivity contribution in [3.63, 3.8) is 0 Å². The van der Waals surface area contributed by atoms with Crippen LogP contribution in [0.3, 0.4) is 0 Å². The molecule has 26 heavy (non-hydrogen) atoms. The molecule has 0 bridgehead atoms. The van der Waals surface area contributed by atoms with Gasteiger partial charge in [-0.25, -0.2) is 0 Å². The number of rotatable bonds is 5. The van der Waals surface area contributed by atoms with E-state index in [0.29, 0.717) is 10.8 Å². The molecule has 6 heteroatoms. The third-order valence-electron chi connectivity index (χ3n) is 4.20. The van der Waals surface area contributed by atoms with Gasteiger partial charge in [0.15, 0.2) is 5.11 Å². The minimum Gasteiger partial charge on any atom is -0.360 e. The first-order chi connectivity index (χ1) is 12.1. The van der Waals surface area contributed by atoms with Crippen molar-refractivity contribution in [3.05, 3.63) is 65.7 Å². The molecule has 140 valence electrons. The van der Waals surface area contributed by atoms with Crippen molar-refractivity contribution in [2.24, 2.45) is 0 Å². The van der Waals surface area contributed by atoms with Crippen LogP contribution in [-0.4, -0.2) is 11.2 Å². The van der Waals surface area contributed by atoms with Crippen LogP contribution in [0.2, 0.25) is 0 Å². The molecule has 2 rings (SSSR count). The average molecular weight is 380 g/mol. The number of halogens is 3. The molecular weight excluding hydrogens is 357 g/mol. The van der Waals surface area contributed by atoms with Gasteiger partial charge in [0.25, 0.3) is 0 Å². The number of nitrogens with one attached hydrogen (secondary N) is 2. The fourth-order valence-corrected chi connectivity index (χ4v) is 3.31. The maximum atomic E-state index is 12.8. The minimum atomic E-state index is -4.38. The van der Waals surface area contributed by atoms with Gasteiger partial charge in [-0.1, -0.05) is 50.2 Å². The second kappa shape index (κ2) is 8.08. The van der Waals surface area contributed by atoms with Gasteiger partial charge in [-0.15, -0.1) is 0 Å². The Morgan fingerprint density at radius 3 is 2.23 bits per heavy atom. The predicted molar refractivity (Wildman–Crippen MR) is 104 cm³/mol. The molecule has 0 spiro atoms. The van der Waals surface area contributed by atoms with Crippen LogP contribution in [0.1, 0.15) is 38.3 Å². The summed E-state index contributed by atoms with van der Waals surface area (Å²) in [6.45, 7) is 6.32. The molecule has 1 unspecified atom stereocenters. The second-order valence-electron chi connectivity index (χ2n) is 7.03. The number of hydrogen-bond donors (Lipinski definition) is 2. The van der Waals surface area contributed by atoms with Crippen molar-refractivity contribution in [3.8, 4) is 0 Å². The van der Waals surface area contributed by atoms with Gasteiger partial charge in [0, 0.05) is 11.7 Å². The first kappa shape index (κ1) is 20.2. The number of thiocarbonyl (C=S) groups is 1. The van der Waals surface area contributed by atoms with E-state index in [0.717, 1.165) is 18.6 Å². The lowest BCUT2D eigenvalue weighted by molar-refractivity contribution is -0.137. The number of hydrogen-bond acceptors (Lipinski definition) is 1. The minimum absolute atomic E-state index is 0.0519. The zero-order valence-electron chi connectivity index (χ0n) is 15.0. The molecule has 0 aliphatic carbocycles. The molecule has 0 saturated carbocycles. The van der Waals surface area contributed by atoms with Crippen LogP contribution in [-0.2, 0) is 11.6 Å². The topological polar surface area (TPSA) is 24.1 Å². The molecule has 0 aromatic heterocycles. The molecule has 0 aliphatic rings. The molecule has 2 aromatic rings. The van der Waals surface area contributed by atoms with Gasteiger partial charge in [-0.05, 0) is 54.7 Å². The van der Waals surface area contributed by atoms with Gasteiger partial charge in [-0.2, -0.15) is 13.2 Å². The Bertz CT molecular complexity index is 742. The molecule has 0 saturated heterocycles. The summed E-state index contributed by atoms with van der Waals surface area (Å²) in [5.74, 6) is 0. The summed E-state index contributed by atoms with van der Waals surface area (Å²) in [4.78, 5) is 0. The molecule has 0 fully saturated rings. The highest BCUT2D eigenvalue weighted by atomic mass is 32.1. The van der Waals surface area contributed by atoms with Gasteiger partial charge < -0.3 is 10.6 Å². The molecule has 0 radical (unpaired) electrons. The van der Waals surface area contributed by atoms with Gasteiger partial charge in [0.2, 0.25) is 0 Å². The summed E-state index contributed by atoms with van der Waals surface area (Å²) in [7, 11) is 0. The van der Waals surface area contributed by atoms with Crippen LogP contribution in [0.15, 0.2) is 54.6 Å². The molecule has 1 atom stereocenters. The largest absolute Gasteiger partial charge is 0.416 e. The van der Waals surface area contributed by atoms with E-state index in [4.69, 9.17) is 12.2 Å². The van der Waals surface area contributed by atoms with Gasteiger partial charge in [-0.3, -0.25) is 0 Å². The summed E-state index contributed by atoms with van der Waals surface area (Å²) in [6, 6.07) is 15.2. The third kappa shape index (κ3) is 5.73. The number of alkyl halides is 3. The van der Waals surface area contributed by atoms with Crippen molar-refractivity contribution in [2.45, 2.75) is 44.8 Å². The number of anilines is 1. The Hall–Kier alpha value is -2.08. The maximum Gasteiger partial charge on any atom is 0.416 e. The Kier molecular flexibility index (Phi) is 6.29. The fraction of sp³-hybridized carbons (Fsp3) is 0.350. The van der Waals surface area contributed by atoms with E-state index in [2.05, 4.69) is 36.6 Å². The highest BCUT2D eigenvalue weighted by Crippen LogP contribution is 2.31. The molecule has 0 amide bonds. The summed E-state index contributed by atoms with van der Waals surface area (Å²) >= 11 is 5.25. The first-order valence-electron chi connectivity index (χ1n) is 8.38. The van der Waals surface area contributed by atoms with Crippen molar-refractivity contribution < 1.29 is 13.2 Å². The zero-order chi connectivity index (χ0) is 19.4. The lowest BCUT2D eigenvalue weighted by Crippen LogP contribution is -2.39. The molecule has 0 aliphatic heterocycles. The van der Waals surface area contributed by atoms with Crippen LogP contribution in [0, 0.1) is 0 Å². The Morgan fingerprint density at radius 1 is 1.00 bits per heavy atom. The third-order valence-corrected chi connectivity index (χ3v) is 4.42. The highest BCUT2D eigenvalue weighted by Gasteiger charge is 2.30. The van der Waals surface area contributed by atoms with Crippen molar-refractivity contribution in [2.75, 3.05) is 5.32 Å². The van der Waals surface area contributed by atoms with Crippen LogP contribution in [0.25, 0.3) is 0 Å². The van der Waals surface area contributed by atoms with E-state index >= 15 is 0 Å². The lowest BCUT2D eigenvalue weighted by Gasteiger charge is -2.29. The zero-order valence-corrected chi connectivity index (χ0v) is 15.8. The highest BCUT2D eigenvalue weighted by molar-refractivity contribution is 7.80. The standard InChI is InChI=1S/C20H23F3N2S/c1-14(13-19(2,3)15-8-5-4-6-9-15)24-18(26)25-17-11-7-10-16(12-17)20(21,22)23/h4-12,14H,13H2,1-3H3,(H2,24,25,26). The Balaban J connectivity index is 1.95. The molecule has 0 heterocycles. The van der Waals surface area contributed by atoms with E-state index in [-0.39, 0.29) is 11.5 Å². The smallest absolute Gasteiger partial charge is 0.360 e. The second-order valence-corrected chi connectivity index (χ2v) is 7.44. The summed E-state index contributed by atoms with van der Waals surface area (Å²) < 4.78 is 38.4. The fourth-order valence-electron chi connectivity index (χ4n) is 2.99. The van der Waals surface area contributed by atoms with Gasteiger partial charge in [0.1, 0.15) is 0 Å². The van der Waals surface area contributed by atoms with Crippen LogP contribution >= 0.6 is 12.2 Å². The van der Waals surface area contributed by atoms with Crippen LogP contribution in [0.4, 0.5) is 18.9 Å². The normalized spacial score (nSPS) is 13.2. The first-order valence-corrected chi connectivity index (χ1v) is 8.79. The summed E-state index contributed by atoms with van der Waals surface area (Å²) in [6.07, 6.45) is -3.55. The molecule has 2 aromatic carbocycles.